The molecular formula is C16H25N3O2S2. The smallest absolute Gasteiger partial charge is 0.191 e. The highest BCUT2D eigenvalue weighted by Gasteiger charge is 2.16. The summed E-state index contributed by atoms with van der Waals surface area (Å²) in [5.74, 6) is 2.13. The number of hydrogen-bond acceptors (Lipinski definition) is 4. The first-order valence-electron chi connectivity index (χ1n) is 7.96. The van der Waals surface area contributed by atoms with Gasteiger partial charge in [0.15, 0.2) is 15.8 Å². The van der Waals surface area contributed by atoms with Gasteiger partial charge in [0.25, 0.3) is 0 Å². The molecule has 0 aromatic heterocycles. The zero-order chi connectivity index (χ0) is 16.5. The molecule has 23 heavy (non-hydrogen) atoms. The fraction of sp³-hybridized carbons (Fsp3) is 0.562. The van der Waals surface area contributed by atoms with E-state index in [4.69, 9.17) is 0 Å². The minimum Gasteiger partial charge on any atom is -0.356 e. The van der Waals surface area contributed by atoms with Crippen molar-refractivity contribution < 1.29 is 8.42 Å². The third-order valence-corrected chi connectivity index (χ3v) is 6.94. The quantitative estimate of drug-likeness (QED) is 0.444. The Balaban J connectivity index is 1.69. The Morgan fingerprint density at radius 1 is 1.30 bits per heavy atom. The fourth-order valence-corrected chi connectivity index (χ4v) is 4.98. The summed E-state index contributed by atoms with van der Waals surface area (Å²) in [6, 6.07) is 8.60. The van der Waals surface area contributed by atoms with E-state index in [9.17, 15) is 8.42 Å². The van der Waals surface area contributed by atoms with Gasteiger partial charge in [-0.2, -0.15) is 11.8 Å². The predicted molar refractivity (Wildman–Crippen MR) is 98.0 cm³/mol. The van der Waals surface area contributed by atoms with Crippen molar-refractivity contribution >= 4 is 27.6 Å². The van der Waals surface area contributed by atoms with Gasteiger partial charge >= 0.3 is 0 Å². The molecule has 1 aromatic rings. The van der Waals surface area contributed by atoms with Crippen molar-refractivity contribution in [3.63, 3.8) is 0 Å². The zero-order valence-corrected chi connectivity index (χ0v) is 15.1. The molecule has 0 spiro atoms. The van der Waals surface area contributed by atoms with Gasteiger partial charge in [-0.3, -0.25) is 4.99 Å². The second-order valence-electron chi connectivity index (χ2n) is 5.50. The minimum absolute atomic E-state index is 0.138. The third-order valence-electron chi connectivity index (χ3n) is 3.73. The van der Waals surface area contributed by atoms with E-state index in [1.54, 1.807) is 31.3 Å². The average Bonchev–Trinajstić information content (AvgIpc) is 3.08. The van der Waals surface area contributed by atoms with Gasteiger partial charge in [-0.05, 0) is 37.1 Å². The van der Waals surface area contributed by atoms with Crippen LogP contribution in [0.3, 0.4) is 0 Å². The third kappa shape index (κ3) is 6.06. The van der Waals surface area contributed by atoms with E-state index in [0.717, 1.165) is 12.5 Å². The Morgan fingerprint density at radius 2 is 2.09 bits per heavy atom. The molecule has 1 atom stereocenters. The van der Waals surface area contributed by atoms with Crippen molar-refractivity contribution in [1.29, 1.82) is 0 Å². The highest BCUT2D eigenvalue weighted by molar-refractivity contribution is 8.00. The summed E-state index contributed by atoms with van der Waals surface area (Å²) in [4.78, 5) is 4.57. The van der Waals surface area contributed by atoms with E-state index in [2.05, 4.69) is 15.6 Å². The van der Waals surface area contributed by atoms with Crippen LogP contribution >= 0.6 is 11.8 Å². The Bertz CT molecular complexity index is 597. The summed E-state index contributed by atoms with van der Waals surface area (Å²) in [6.45, 7) is 1.50. The SMILES string of the molecule is CN=C(NCCCS(=O)(=O)c1ccccc1)NCC1CCCS1. The van der Waals surface area contributed by atoms with Gasteiger partial charge < -0.3 is 10.6 Å². The van der Waals surface area contributed by atoms with Gasteiger partial charge in [-0.15, -0.1) is 0 Å². The van der Waals surface area contributed by atoms with Gasteiger partial charge in [-0.25, -0.2) is 8.42 Å². The number of guanidine groups is 1. The molecule has 7 heteroatoms. The monoisotopic (exact) mass is 355 g/mol. The van der Waals surface area contributed by atoms with Crippen molar-refractivity contribution in [3.05, 3.63) is 30.3 Å². The molecule has 2 N–H and O–H groups in total. The summed E-state index contributed by atoms with van der Waals surface area (Å²) in [6.07, 6.45) is 3.10. The molecule has 1 heterocycles. The number of nitrogens with zero attached hydrogens (tertiary/aromatic N) is 1. The lowest BCUT2D eigenvalue weighted by molar-refractivity contribution is 0.592. The standard InChI is InChI=1S/C16H25N3O2S2/c1-17-16(19-13-14-7-5-11-22-14)18-10-6-12-23(20,21)15-8-3-2-4-9-15/h2-4,8-9,14H,5-7,10-13H2,1H3,(H2,17,18,19). The maximum atomic E-state index is 12.2. The van der Waals surface area contributed by atoms with Gasteiger partial charge in [0, 0.05) is 25.4 Å². The molecule has 1 aliphatic heterocycles. The first-order chi connectivity index (χ1) is 11.1. The van der Waals surface area contributed by atoms with E-state index < -0.39 is 9.84 Å². The van der Waals surface area contributed by atoms with E-state index in [0.29, 0.717) is 23.1 Å². The van der Waals surface area contributed by atoms with Crippen LogP contribution in [0.5, 0.6) is 0 Å². The molecule has 0 radical (unpaired) electrons. The van der Waals surface area contributed by atoms with Crippen LogP contribution in [0.2, 0.25) is 0 Å². The molecule has 5 nitrogen and oxygen atoms in total. The molecule has 1 fully saturated rings. The number of rotatable bonds is 7. The number of benzene rings is 1. The fourth-order valence-electron chi connectivity index (χ4n) is 2.45. The normalized spacial score (nSPS) is 18.8. The van der Waals surface area contributed by atoms with Gasteiger partial charge in [0.1, 0.15) is 0 Å². The number of thioether (sulfide) groups is 1. The Labute approximate surface area is 143 Å². The van der Waals surface area contributed by atoms with Crippen LogP contribution in [0.4, 0.5) is 0 Å². The van der Waals surface area contributed by atoms with E-state index in [-0.39, 0.29) is 5.75 Å². The maximum Gasteiger partial charge on any atom is 0.191 e. The number of aliphatic imine (C=N–C) groups is 1. The zero-order valence-electron chi connectivity index (χ0n) is 13.5. The predicted octanol–water partition coefficient (Wildman–Crippen LogP) is 1.91. The molecule has 2 rings (SSSR count). The van der Waals surface area contributed by atoms with Crippen molar-refractivity contribution in [2.75, 3.05) is 31.6 Å². The minimum atomic E-state index is -3.19. The van der Waals surface area contributed by atoms with Crippen LogP contribution in [0.1, 0.15) is 19.3 Å². The van der Waals surface area contributed by atoms with Crippen LogP contribution in [-0.4, -0.2) is 51.3 Å². The van der Waals surface area contributed by atoms with Gasteiger partial charge in [0.05, 0.1) is 10.6 Å². The van der Waals surface area contributed by atoms with Crippen molar-refractivity contribution in [1.82, 2.24) is 10.6 Å². The van der Waals surface area contributed by atoms with Gasteiger partial charge in [-0.1, -0.05) is 18.2 Å². The molecule has 0 amide bonds. The highest BCUT2D eigenvalue weighted by Crippen LogP contribution is 2.25. The largest absolute Gasteiger partial charge is 0.356 e. The molecule has 0 aliphatic carbocycles. The van der Waals surface area contributed by atoms with Crippen molar-refractivity contribution in [2.45, 2.75) is 29.4 Å². The first kappa shape index (κ1) is 18.1. The molecule has 0 saturated carbocycles. The molecule has 1 aromatic carbocycles. The summed E-state index contributed by atoms with van der Waals surface area (Å²) < 4.78 is 24.3. The van der Waals surface area contributed by atoms with Crippen molar-refractivity contribution in [2.24, 2.45) is 4.99 Å². The lowest BCUT2D eigenvalue weighted by Crippen LogP contribution is -2.40. The van der Waals surface area contributed by atoms with Crippen LogP contribution in [0.25, 0.3) is 0 Å². The van der Waals surface area contributed by atoms with Crippen molar-refractivity contribution in [3.8, 4) is 0 Å². The molecule has 0 bridgehead atoms. The van der Waals surface area contributed by atoms with Crippen LogP contribution in [0.15, 0.2) is 40.2 Å². The second-order valence-corrected chi connectivity index (χ2v) is 9.02. The maximum absolute atomic E-state index is 12.2. The summed E-state index contributed by atoms with van der Waals surface area (Å²) in [5.41, 5.74) is 0. The number of hydrogen-bond donors (Lipinski definition) is 2. The summed E-state index contributed by atoms with van der Waals surface area (Å²) >= 11 is 2.00. The van der Waals surface area contributed by atoms with Crippen LogP contribution in [-0.2, 0) is 9.84 Å². The molecule has 1 unspecified atom stereocenters. The Hall–Kier alpha value is -1.21. The summed E-state index contributed by atoms with van der Waals surface area (Å²) in [5, 5.41) is 7.15. The van der Waals surface area contributed by atoms with Crippen LogP contribution in [0, 0.1) is 0 Å². The van der Waals surface area contributed by atoms with Crippen LogP contribution < -0.4 is 10.6 Å². The molecule has 1 saturated heterocycles. The topological polar surface area (TPSA) is 70.6 Å². The molecule has 128 valence electrons. The van der Waals surface area contributed by atoms with Gasteiger partial charge in [0.2, 0.25) is 0 Å². The second kappa shape index (κ2) is 9.17. The summed E-state index contributed by atoms with van der Waals surface area (Å²) in [7, 11) is -1.46. The first-order valence-corrected chi connectivity index (χ1v) is 10.7. The number of sulfone groups is 1. The Kier molecular flexibility index (Phi) is 7.23. The molecular weight excluding hydrogens is 330 g/mol. The van der Waals surface area contributed by atoms with E-state index >= 15 is 0 Å². The van der Waals surface area contributed by atoms with E-state index in [1.165, 1.54) is 18.6 Å². The Morgan fingerprint density at radius 3 is 2.74 bits per heavy atom. The highest BCUT2D eigenvalue weighted by atomic mass is 32.2. The van der Waals surface area contributed by atoms with E-state index in [1.807, 2.05) is 17.8 Å². The molecule has 1 aliphatic rings. The number of nitrogens with one attached hydrogen (secondary N) is 2. The lowest BCUT2D eigenvalue weighted by atomic mass is 10.2. The lowest BCUT2D eigenvalue weighted by Gasteiger charge is -2.14. The average molecular weight is 356 g/mol.